The molecule has 0 aliphatic heterocycles. The van der Waals surface area contributed by atoms with Crippen LogP contribution >= 0.6 is 11.3 Å². The molecule has 4 fully saturated rings. The summed E-state index contributed by atoms with van der Waals surface area (Å²) in [6, 6.07) is 5.65. The quantitative estimate of drug-likeness (QED) is 0.601. The van der Waals surface area contributed by atoms with Crippen molar-refractivity contribution >= 4 is 17.2 Å². The van der Waals surface area contributed by atoms with Crippen molar-refractivity contribution in [2.24, 2.45) is 17.8 Å². The lowest BCUT2D eigenvalue weighted by Crippen LogP contribution is -2.48. The van der Waals surface area contributed by atoms with E-state index < -0.39 is 0 Å². The zero-order valence-corrected chi connectivity index (χ0v) is 18.6. The molecule has 0 spiro atoms. The molecule has 3 nitrogen and oxygen atoms in total. The SMILES string of the molecule is CCCC(=O)NCCc1csc(-c2ccc(F)c(C34CC5CC(CC(C5)C3)C4)c2)n1. The van der Waals surface area contributed by atoms with Crippen molar-refractivity contribution in [2.45, 2.75) is 70.1 Å². The largest absolute Gasteiger partial charge is 0.356 e. The Bertz CT molecular complexity index is 902. The summed E-state index contributed by atoms with van der Waals surface area (Å²) in [6.45, 7) is 2.62. The van der Waals surface area contributed by atoms with E-state index in [4.69, 9.17) is 4.98 Å². The third kappa shape index (κ3) is 3.81. The Balaban J connectivity index is 1.34. The van der Waals surface area contributed by atoms with Gasteiger partial charge in [-0.15, -0.1) is 11.3 Å². The van der Waals surface area contributed by atoms with Crippen molar-refractivity contribution < 1.29 is 9.18 Å². The van der Waals surface area contributed by atoms with E-state index in [1.807, 2.05) is 13.0 Å². The van der Waals surface area contributed by atoms with Crippen LogP contribution in [0, 0.1) is 23.6 Å². The molecule has 1 aromatic heterocycles. The molecule has 2 aromatic rings. The molecule has 1 aromatic carbocycles. The lowest BCUT2D eigenvalue weighted by molar-refractivity contribution is -0.121. The lowest BCUT2D eigenvalue weighted by Gasteiger charge is -2.57. The van der Waals surface area contributed by atoms with E-state index in [1.54, 1.807) is 17.4 Å². The summed E-state index contributed by atoms with van der Waals surface area (Å²) in [6.07, 6.45) is 9.77. The van der Waals surface area contributed by atoms with E-state index in [0.717, 1.165) is 52.4 Å². The monoisotopic (exact) mass is 426 g/mol. The first-order valence-electron chi connectivity index (χ1n) is 11.6. The van der Waals surface area contributed by atoms with E-state index in [2.05, 4.69) is 16.8 Å². The Morgan fingerprint density at radius 1 is 1.20 bits per heavy atom. The minimum atomic E-state index is -0.0314. The Labute approximate surface area is 182 Å². The summed E-state index contributed by atoms with van der Waals surface area (Å²) in [5, 5.41) is 5.97. The molecule has 4 saturated carbocycles. The summed E-state index contributed by atoms with van der Waals surface area (Å²) < 4.78 is 15.0. The normalized spacial score (nSPS) is 29.3. The van der Waals surface area contributed by atoms with Crippen LogP contribution in [0.15, 0.2) is 23.6 Å². The second-order valence-corrected chi connectivity index (χ2v) is 10.7. The van der Waals surface area contributed by atoms with Crippen molar-refractivity contribution in [2.75, 3.05) is 6.54 Å². The maximum Gasteiger partial charge on any atom is 0.219 e. The number of hydrogen-bond donors (Lipinski definition) is 1. The molecule has 4 aliphatic rings. The van der Waals surface area contributed by atoms with Gasteiger partial charge in [-0.3, -0.25) is 4.79 Å². The summed E-state index contributed by atoms with van der Waals surface area (Å²) >= 11 is 1.62. The molecular weight excluding hydrogens is 395 g/mol. The number of nitrogens with zero attached hydrogens (tertiary/aromatic N) is 1. The molecule has 4 aliphatic carbocycles. The van der Waals surface area contributed by atoms with Gasteiger partial charge in [0, 0.05) is 30.3 Å². The van der Waals surface area contributed by atoms with Crippen LogP contribution in [0.4, 0.5) is 4.39 Å². The van der Waals surface area contributed by atoms with Crippen LogP contribution in [-0.4, -0.2) is 17.4 Å². The van der Waals surface area contributed by atoms with Crippen LogP contribution < -0.4 is 5.32 Å². The molecule has 0 unspecified atom stereocenters. The van der Waals surface area contributed by atoms with E-state index in [9.17, 15) is 4.79 Å². The molecule has 5 heteroatoms. The highest BCUT2D eigenvalue weighted by atomic mass is 32.1. The molecular formula is C25H31FN2OS. The van der Waals surface area contributed by atoms with Gasteiger partial charge in [0.2, 0.25) is 5.91 Å². The Kier molecular flexibility index (Phi) is 5.42. The number of nitrogens with one attached hydrogen (secondary N) is 1. The number of amides is 1. The fourth-order valence-corrected chi connectivity index (χ4v) is 7.56. The number of rotatable bonds is 7. The van der Waals surface area contributed by atoms with E-state index in [-0.39, 0.29) is 17.1 Å². The summed E-state index contributed by atoms with van der Waals surface area (Å²) in [5.41, 5.74) is 3.03. The van der Waals surface area contributed by atoms with Crippen LogP contribution in [0.25, 0.3) is 10.6 Å². The molecule has 30 heavy (non-hydrogen) atoms. The first-order valence-corrected chi connectivity index (χ1v) is 12.4. The highest BCUT2D eigenvalue weighted by Crippen LogP contribution is 2.61. The molecule has 0 saturated heterocycles. The maximum atomic E-state index is 15.0. The predicted molar refractivity (Wildman–Crippen MR) is 119 cm³/mol. The van der Waals surface area contributed by atoms with Gasteiger partial charge in [-0.05, 0) is 91.9 Å². The first kappa shape index (κ1) is 20.2. The number of aromatic nitrogens is 1. The van der Waals surface area contributed by atoms with Gasteiger partial charge >= 0.3 is 0 Å². The average molecular weight is 427 g/mol. The Morgan fingerprint density at radius 2 is 1.90 bits per heavy atom. The fraction of sp³-hybridized carbons (Fsp3) is 0.600. The van der Waals surface area contributed by atoms with Crippen molar-refractivity contribution in [3.05, 3.63) is 40.7 Å². The third-order valence-electron chi connectivity index (χ3n) is 7.56. The van der Waals surface area contributed by atoms with Crippen LogP contribution in [0.3, 0.4) is 0 Å². The summed E-state index contributed by atoms with van der Waals surface area (Å²) in [5.74, 6) is 2.47. The second-order valence-electron chi connectivity index (χ2n) is 9.89. The predicted octanol–water partition coefficient (Wildman–Crippen LogP) is 5.88. The first-order chi connectivity index (χ1) is 14.5. The smallest absolute Gasteiger partial charge is 0.219 e. The van der Waals surface area contributed by atoms with Crippen molar-refractivity contribution in [1.82, 2.24) is 10.3 Å². The van der Waals surface area contributed by atoms with E-state index in [0.29, 0.717) is 13.0 Å². The molecule has 6 rings (SSSR count). The zero-order chi connectivity index (χ0) is 20.7. The number of benzene rings is 1. The topological polar surface area (TPSA) is 42.0 Å². The number of carbonyl (C=O) groups excluding carboxylic acids is 1. The van der Waals surface area contributed by atoms with Crippen molar-refractivity contribution in [3.8, 4) is 10.6 Å². The Hall–Kier alpha value is -1.75. The number of hydrogen-bond acceptors (Lipinski definition) is 3. The van der Waals surface area contributed by atoms with E-state index in [1.165, 1.54) is 38.5 Å². The van der Waals surface area contributed by atoms with Gasteiger partial charge in [0.15, 0.2) is 0 Å². The minimum Gasteiger partial charge on any atom is -0.356 e. The molecule has 1 heterocycles. The van der Waals surface area contributed by atoms with Gasteiger partial charge in [-0.2, -0.15) is 0 Å². The number of halogens is 1. The molecule has 1 amide bonds. The fourth-order valence-electron chi connectivity index (χ4n) is 6.71. The van der Waals surface area contributed by atoms with Crippen LogP contribution in [0.2, 0.25) is 0 Å². The van der Waals surface area contributed by atoms with Gasteiger partial charge in [-0.1, -0.05) is 6.92 Å². The molecule has 1 N–H and O–H groups in total. The van der Waals surface area contributed by atoms with Gasteiger partial charge in [0.05, 0.1) is 5.69 Å². The van der Waals surface area contributed by atoms with Gasteiger partial charge in [-0.25, -0.2) is 9.37 Å². The highest BCUT2D eigenvalue weighted by molar-refractivity contribution is 7.13. The van der Waals surface area contributed by atoms with Crippen LogP contribution in [0.5, 0.6) is 0 Å². The maximum absolute atomic E-state index is 15.0. The summed E-state index contributed by atoms with van der Waals surface area (Å²) in [4.78, 5) is 16.4. The molecule has 160 valence electrons. The zero-order valence-electron chi connectivity index (χ0n) is 17.8. The average Bonchev–Trinajstić information content (AvgIpc) is 3.16. The number of carbonyl (C=O) groups is 1. The number of thiazole rings is 1. The van der Waals surface area contributed by atoms with Crippen LogP contribution in [0.1, 0.15) is 69.5 Å². The van der Waals surface area contributed by atoms with Crippen molar-refractivity contribution in [1.29, 1.82) is 0 Å². The van der Waals surface area contributed by atoms with Gasteiger partial charge in [0.25, 0.3) is 0 Å². The Morgan fingerprint density at radius 3 is 2.57 bits per heavy atom. The van der Waals surface area contributed by atoms with Gasteiger partial charge in [0.1, 0.15) is 10.8 Å². The summed E-state index contributed by atoms with van der Waals surface area (Å²) in [7, 11) is 0. The molecule has 0 atom stereocenters. The van der Waals surface area contributed by atoms with Crippen LogP contribution in [-0.2, 0) is 16.6 Å². The molecule has 4 bridgehead atoms. The highest BCUT2D eigenvalue weighted by Gasteiger charge is 2.52. The lowest BCUT2D eigenvalue weighted by atomic mass is 9.48. The van der Waals surface area contributed by atoms with Gasteiger partial charge < -0.3 is 5.32 Å². The third-order valence-corrected chi connectivity index (χ3v) is 8.50. The van der Waals surface area contributed by atoms with Crippen molar-refractivity contribution in [3.63, 3.8) is 0 Å². The molecule has 0 radical (unpaired) electrons. The minimum absolute atomic E-state index is 0.0314. The second kappa shape index (κ2) is 8.07. The standard InChI is InChI=1S/C25H31FN2OS/c1-2-3-23(29)27-7-6-20-15-30-24(28-20)19-4-5-22(26)21(11-19)25-12-16-8-17(13-25)10-18(9-16)14-25/h4-5,11,15-18H,2-3,6-10,12-14H2,1H3,(H,27,29). The van der Waals surface area contributed by atoms with E-state index >= 15 is 4.39 Å².